The van der Waals surface area contributed by atoms with E-state index >= 15 is 0 Å². The van der Waals surface area contributed by atoms with Crippen LogP contribution in [0.4, 0.5) is 0 Å². The zero-order chi connectivity index (χ0) is 13.7. The lowest BCUT2D eigenvalue weighted by Gasteiger charge is -2.32. The van der Waals surface area contributed by atoms with Gasteiger partial charge in [-0.15, -0.1) is 0 Å². The van der Waals surface area contributed by atoms with E-state index in [1.807, 2.05) is 27.7 Å². The maximum absolute atomic E-state index is 5.96. The summed E-state index contributed by atoms with van der Waals surface area (Å²) in [6, 6.07) is 0. The summed E-state index contributed by atoms with van der Waals surface area (Å²) in [6.07, 6.45) is 3.59. The predicted molar refractivity (Wildman–Crippen MR) is 71.3 cm³/mol. The highest BCUT2D eigenvalue weighted by Gasteiger charge is 2.52. The molecule has 102 valence electrons. The average molecular weight is 262 g/mol. The van der Waals surface area contributed by atoms with Crippen molar-refractivity contribution in [2.45, 2.75) is 44.8 Å². The van der Waals surface area contributed by atoms with Crippen LogP contribution in [-0.2, 0) is 14.0 Å². The van der Waals surface area contributed by atoms with Crippen molar-refractivity contribution in [3.63, 3.8) is 0 Å². The van der Waals surface area contributed by atoms with E-state index in [0.29, 0.717) is 5.92 Å². The van der Waals surface area contributed by atoms with E-state index < -0.39 is 7.12 Å². The molecule has 3 heterocycles. The first-order valence-corrected chi connectivity index (χ1v) is 6.64. The van der Waals surface area contributed by atoms with Crippen molar-refractivity contribution in [1.82, 2.24) is 9.97 Å². The largest absolute Gasteiger partial charge is 0.498 e. The lowest BCUT2D eigenvalue weighted by atomic mass is 9.81. The summed E-state index contributed by atoms with van der Waals surface area (Å²) in [5.41, 5.74) is 0.193. The van der Waals surface area contributed by atoms with Gasteiger partial charge in [0, 0.05) is 17.9 Å². The van der Waals surface area contributed by atoms with Crippen molar-refractivity contribution in [3.05, 3.63) is 18.2 Å². The van der Waals surface area contributed by atoms with E-state index in [-0.39, 0.29) is 11.2 Å². The summed E-state index contributed by atoms with van der Waals surface area (Å²) >= 11 is 0. The quantitative estimate of drug-likeness (QED) is 0.741. The van der Waals surface area contributed by atoms with Gasteiger partial charge in [0.05, 0.1) is 30.3 Å². The van der Waals surface area contributed by atoms with E-state index in [4.69, 9.17) is 14.0 Å². The SMILES string of the molecule is CC1(C)OB(c2cnc(C3COC3)nc2)OC1(C)C. The molecule has 2 saturated heterocycles. The Morgan fingerprint density at radius 1 is 1.05 bits per heavy atom. The minimum atomic E-state index is -0.392. The lowest BCUT2D eigenvalue weighted by Crippen LogP contribution is -2.41. The molecule has 0 unspecified atom stereocenters. The normalized spacial score (nSPS) is 25.4. The summed E-state index contributed by atoms with van der Waals surface area (Å²) in [5.74, 6) is 1.18. The fourth-order valence-corrected chi connectivity index (χ4v) is 2.04. The maximum Gasteiger partial charge on any atom is 0.498 e. The lowest BCUT2D eigenvalue weighted by molar-refractivity contribution is 0.00486. The molecule has 0 aliphatic carbocycles. The smallest absolute Gasteiger partial charge is 0.399 e. The zero-order valence-electron chi connectivity index (χ0n) is 11.8. The van der Waals surface area contributed by atoms with Gasteiger partial charge in [-0.2, -0.15) is 0 Å². The van der Waals surface area contributed by atoms with Gasteiger partial charge in [0.25, 0.3) is 0 Å². The molecule has 0 radical (unpaired) electrons. The number of hydrogen-bond donors (Lipinski definition) is 0. The second kappa shape index (κ2) is 4.26. The summed E-state index contributed by atoms with van der Waals surface area (Å²) in [7, 11) is -0.392. The Kier molecular flexibility index (Phi) is 2.92. The van der Waals surface area contributed by atoms with Gasteiger partial charge < -0.3 is 14.0 Å². The number of ether oxygens (including phenoxy) is 1. The number of hydrogen-bond acceptors (Lipinski definition) is 5. The fraction of sp³-hybridized carbons (Fsp3) is 0.692. The zero-order valence-corrected chi connectivity index (χ0v) is 11.8. The summed E-state index contributed by atoms with van der Waals surface area (Å²) in [6.45, 7) is 9.58. The second-order valence-electron chi connectivity index (χ2n) is 6.20. The Bertz CT molecular complexity index is 455. The van der Waals surface area contributed by atoms with Gasteiger partial charge in [0.1, 0.15) is 5.82 Å². The van der Waals surface area contributed by atoms with Gasteiger partial charge in [0.15, 0.2) is 0 Å². The minimum Gasteiger partial charge on any atom is -0.399 e. The molecule has 0 N–H and O–H groups in total. The molecule has 19 heavy (non-hydrogen) atoms. The summed E-state index contributed by atoms with van der Waals surface area (Å²) in [4.78, 5) is 8.78. The van der Waals surface area contributed by atoms with Crippen LogP contribution in [0.25, 0.3) is 0 Å². The van der Waals surface area contributed by atoms with Crippen molar-refractivity contribution in [2.24, 2.45) is 0 Å². The summed E-state index contributed by atoms with van der Waals surface area (Å²) in [5, 5.41) is 0. The fourth-order valence-electron chi connectivity index (χ4n) is 2.04. The Balaban J connectivity index is 1.76. The first-order valence-electron chi connectivity index (χ1n) is 6.64. The van der Waals surface area contributed by atoms with Crippen LogP contribution >= 0.6 is 0 Å². The van der Waals surface area contributed by atoms with Gasteiger partial charge in [0.2, 0.25) is 0 Å². The molecule has 5 nitrogen and oxygen atoms in total. The third kappa shape index (κ3) is 2.18. The molecule has 2 aliphatic heterocycles. The van der Waals surface area contributed by atoms with Crippen LogP contribution in [0.2, 0.25) is 0 Å². The first-order chi connectivity index (χ1) is 8.89. The van der Waals surface area contributed by atoms with Crippen molar-refractivity contribution in [3.8, 4) is 0 Å². The van der Waals surface area contributed by atoms with Gasteiger partial charge >= 0.3 is 7.12 Å². The molecule has 0 atom stereocenters. The van der Waals surface area contributed by atoms with Crippen LogP contribution in [0.5, 0.6) is 0 Å². The third-order valence-electron chi connectivity index (χ3n) is 4.22. The average Bonchev–Trinajstić information content (AvgIpc) is 2.47. The van der Waals surface area contributed by atoms with Crippen molar-refractivity contribution in [2.75, 3.05) is 13.2 Å². The van der Waals surface area contributed by atoms with Crippen LogP contribution in [0.15, 0.2) is 12.4 Å². The van der Waals surface area contributed by atoms with Crippen LogP contribution in [0, 0.1) is 0 Å². The minimum absolute atomic E-state index is 0.335. The molecule has 1 aromatic rings. The molecule has 0 aromatic carbocycles. The van der Waals surface area contributed by atoms with E-state index in [0.717, 1.165) is 24.5 Å². The van der Waals surface area contributed by atoms with Gasteiger partial charge in [-0.25, -0.2) is 9.97 Å². The van der Waals surface area contributed by atoms with Crippen LogP contribution in [0.1, 0.15) is 39.4 Å². The van der Waals surface area contributed by atoms with Crippen LogP contribution < -0.4 is 5.46 Å². The van der Waals surface area contributed by atoms with Gasteiger partial charge in [-0.3, -0.25) is 0 Å². The molecular formula is C13H19BN2O3. The highest BCUT2D eigenvalue weighted by Crippen LogP contribution is 2.36. The van der Waals surface area contributed by atoms with E-state index in [9.17, 15) is 0 Å². The molecule has 0 spiro atoms. The van der Waals surface area contributed by atoms with Crippen LogP contribution in [-0.4, -0.2) is 41.5 Å². The molecule has 2 fully saturated rings. The predicted octanol–water partition coefficient (Wildman–Crippen LogP) is 0.890. The van der Waals surface area contributed by atoms with E-state index in [1.165, 1.54) is 0 Å². The highest BCUT2D eigenvalue weighted by atomic mass is 16.7. The number of aromatic nitrogens is 2. The maximum atomic E-state index is 5.96. The molecule has 0 bridgehead atoms. The molecule has 6 heteroatoms. The van der Waals surface area contributed by atoms with Crippen LogP contribution in [0.3, 0.4) is 0 Å². The molecular weight excluding hydrogens is 243 g/mol. The van der Waals surface area contributed by atoms with Crippen molar-refractivity contribution < 1.29 is 14.0 Å². The van der Waals surface area contributed by atoms with Crippen molar-refractivity contribution >= 4 is 12.6 Å². The standard InChI is InChI=1S/C13H19BN2O3/c1-12(2)13(3,4)19-14(18-12)10-5-15-11(16-6-10)9-7-17-8-9/h5-6,9H,7-8H2,1-4H3. The van der Waals surface area contributed by atoms with E-state index in [1.54, 1.807) is 12.4 Å². The third-order valence-corrected chi connectivity index (χ3v) is 4.22. The number of nitrogens with zero attached hydrogens (tertiary/aromatic N) is 2. The molecule has 3 rings (SSSR count). The second-order valence-corrected chi connectivity index (χ2v) is 6.20. The Morgan fingerprint density at radius 3 is 2.00 bits per heavy atom. The van der Waals surface area contributed by atoms with Gasteiger partial charge in [-0.1, -0.05) is 0 Å². The van der Waals surface area contributed by atoms with E-state index in [2.05, 4.69) is 9.97 Å². The summed E-state index contributed by atoms with van der Waals surface area (Å²) < 4.78 is 17.1. The first kappa shape index (κ1) is 13.0. The Labute approximate surface area is 113 Å². The molecule has 1 aromatic heterocycles. The molecule has 0 amide bonds. The number of rotatable bonds is 2. The molecule has 2 aliphatic rings. The monoisotopic (exact) mass is 262 g/mol. The van der Waals surface area contributed by atoms with Gasteiger partial charge in [-0.05, 0) is 27.7 Å². The topological polar surface area (TPSA) is 53.5 Å². The highest BCUT2D eigenvalue weighted by molar-refractivity contribution is 6.61. The Morgan fingerprint density at radius 2 is 1.58 bits per heavy atom. The Hall–Kier alpha value is -0.975. The van der Waals surface area contributed by atoms with Crippen molar-refractivity contribution in [1.29, 1.82) is 0 Å². The molecule has 0 saturated carbocycles.